The Morgan fingerprint density at radius 2 is 1.92 bits per heavy atom. The summed E-state index contributed by atoms with van der Waals surface area (Å²) in [5.41, 5.74) is 0. The van der Waals surface area contributed by atoms with Gasteiger partial charge in [-0.3, -0.25) is 0 Å². The first kappa shape index (κ1) is 10.0. The molecule has 0 aromatic rings. The zero-order valence-corrected chi connectivity index (χ0v) is 8.60. The van der Waals surface area contributed by atoms with E-state index in [9.17, 15) is 0 Å². The van der Waals surface area contributed by atoms with Gasteiger partial charge in [0.15, 0.2) is 0 Å². The zero-order chi connectivity index (χ0) is 8.81. The molecule has 0 aliphatic heterocycles. The van der Waals surface area contributed by atoms with Crippen LogP contribution >= 0.6 is 0 Å². The lowest BCUT2D eigenvalue weighted by atomic mass is 9.97. The second-order valence-corrected chi connectivity index (χ2v) is 4.05. The van der Waals surface area contributed by atoms with Gasteiger partial charge in [-0.2, -0.15) is 0 Å². The molecule has 0 saturated heterocycles. The fourth-order valence-corrected chi connectivity index (χ4v) is 2.33. The van der Waals surface area contributed by atoms with Crippen molar-refractivity contribution in [2.75, 3.05) is 6.54 Å². The van der Waals surface area contributed by atoms with Crippen LogP contribution in [0.4, 0.5) is 0 Å². The molecule has 1 rings (SSSR count). The van der Waals surface area contributed by atoms with E-state index in [0.717, 1.165) is 18.5 Å². The second-order valence-electron chi connectivity index (χ2n) is 4.05. The summed E-state index contributed by atoms with van der Waals surface area (Å²) >= 11 is 0. The van der Waals surface area contributed by atoms with Crippen LogP contribution in [0.3, 0.4) is 0 Å². The molecule has 1 N–H and O–H groups in total. The van der Waals surface area contributed by atoms with Crippen LogP contribution in [-0.4, -0.2) is 12.6 Å². The third-order valence-corrected chi connectivity index (χ3v) is 3.08. The van der Waals surface area contributed by atoms with Gasteiger partial charge < -0.3 is 5.32 Å². The van der Waals surface area contributed by atoms with Crippen molar-refractivity contribution in [1.82, 2.24) is 5.32 Å². The molecule has 1 aliphatic rings. The lowest BCUT2D eigenvalue weighted by molar-refractivity contribution is 0.384. The number of hydrogen-bond donors (Lipinski definition) is 1. The Kier molecular flexibility index (Phi) is 4.67. The third kappa shape index (κ3) is 3.14. The maximum absolute atomic E-state index is 3.56. The van der Waals surface area contributed by atoms with Gasteiger partial charge in [-0.05, 0) is 25.3 Å². The Morgan fingerprint density at radius 3 is 2.42 bits per heavy atom. The molecule has 1 saturated carbocycles. The van der Waals surface area contributed by atoms with Crippen LogP contribution in [0.5, 0.6) is 0 Å². The molecule has 0 amide bonds. The van der Waals surface area contributed by atoms with E-state index in [1.54, 1.807) is 0 Å². The van der Waals surface area contributed by atoms with Crippen LogP contribution < -0.4 is 5.32 Å². The average molecular weight is 169 g/mol. The fourth-order valence-electron chi connectivity index (χ4n) is 2.33. The molecule has 0 spiro atoms. The Balaban J connectivity index is 2.16. The molecule has 1 nitrogen and oxygen atoms in total. The van der Waals surface area contributed by atoms with Gasteiger partial charge in [0.1, 0.15) is 0 Å². The summed E-state index contributed by atoms with van der Waals surface area (Å²) in [6, 6.07) is 0.790. The predicted molar refractivity (Wildman–Crippen MR) is 54.3 cm³/mol. The molecular weight excluding hydrogens is 146 g/mol. The third-order valence-electron chi connectivity index (χ3n) is 3.08. The minimum absolute atomic E-state index is 0.790. The highest BCUT2D eigenvalue weighted by atomic mass is 14.9. The van der Waals surface area contributed by atoms with Crippen LogP contribution in [0.25, 0.3) is 0 Å². The van der Waals surface area contributed by atoms with Gasteiger partial charge in [-0.15, -0.1) is 0 Å². The van der Waals surface area contributed by atoms with Gasteiger partial charge >= 0.3 is 0 Å². The monoisotopic (exact) mass is 169 g/mol. The van der Waals surface area contributed by atoms with E-state index < -0.39 is 0 Å². The van der Waals surface area contributed by atoms with Crippen molar-refractivity contribution in [2.24, 2.45) is 5.92 Å². The first-order valence-corrected chi connectivity index (χ1v) is 5.60. The molecule has 1 unspecified atom stereocenters. The Labute approximate surface area is 76.9 Å². The largest absolute Gasteiger partial charge is 0.314 e. The predicted octanol–water partition coefficient (Wildman–Crippen LogP) is 2.95. The highest BCUT2D eigenvalue weighted by molar-refractivity contribution is 4.74. The molecular formula is C11H23N. The maximum Gasteiger partial charge on any atom is 0.00669 e. The molecule has 1 heteroatoms. The quantitative estimate of drug-likeness (QED) is 0.667. The maximum atomic E-state index is 3.56. The van der Waals surface area contributed by atoms with Gasteiger partial charge in [0, 0.05) is 6.04 Å². The Morgan fingerprint density at radius 1 is 1.25 bits per heavy atom. The fraction of sp³-hybridized carbons (Fsp3) is 1.00. The van der Waals surface area contributed by atoms with Crippen molar-refractivity contribution >= 4 is 0 Å². The lowest BCUT2D eigenvalue weighted by Gasteiger charge is -2.19. The van der Waals surface area contributed by atoms with E-state index in [-0.39, 0.29) is 0 Å². The molecule has 12 heavy (non-hydrogen) atoms. The van der Waals surface area contributed by atoms with Crippen molar-refractivity contribution < 1.29 is 0 Å². The van der Waals surface area contributed by atoms with E-state index in [1.165, 1.54) is 38.5 Å². The highest BCUT2D eigenvalue weighted by Gasteiger charge is 2.18. The molecule has 1 atom stereocenters. The van der Waals surface area contributed by atoms with Crippen LogP contribution in [0.2, 0.25) is 0 Å². The summed E-state index contributed by atoms with van der Waals surface area (Å²) in [5.74, 6) is 1.04. The topological polar surface area (TPSA) is 12.0 Å². The minimum Gasteiger partial charge on any atom is -0.314 e. The second kappa shape index (κ2) is 5.58. The van der Waals surface area contributed by atoms with Crippen molar-refractivity contribution in [3.05, 3.63) is 0 Å². The summed E-state index contributed by atoms with van der Waals surface area (Å²) in [6.07, 6.45) is 8.65. The summed E-state index contributed by atoms with van der Waals surface area (Å²) in [4.78, 5) is 0. The Hall–Kier alpha value is -0.0400. The van der Waals surface area contributed by atoms with Gasteiger partial charge in [-0.25, -0.2) is 0 Å². The van der Waals surface area contributed by atoms with Gasteiger partial charge in [-0.1, -0.05) is 39.5 Å². The van der Waals surface area contributed by atoms with E-state index >= 15 is 0 Å². The summed E-state index contributed by atoms with van der Waals surface area (Å²) in [7, 11) is 0. The summed E-state index contributed by atoms with van der Waals surface area (Å²) < 4.78 is 0. The van der Waals surface area contributed by atoms with E-state index in [1.807, 2.05) is 0 Å². The van der Waals surface area contributed by atoms with Gasteiger partial charge in [0.25, 0.3) is 0 Å². The van der Waals surface area contributed by atoms with Crippen molar-refractivity contribution in [3.8, 4) is 0 Å². The Bertz CT molecular complexity index is 106. The number of nitrogens with one attached hydrogen (secondary N) is 1. The van der Waals surface area contributed by atoms with Gasteiger partial charge in [0.2, 0.25) is 0 Å². The molecule has 72 valence electrons. The molecule has 0 heterocycles. The van der Waals surface area contributed by atoms with Crippen LogP contribution in [0.15, 0.2) is 0 Å². The van der Waals surface area contributed by atoms with Crippen molar-refractivity contribution in [1.29, 1.82) is 0 Å². The average Bonchev–Trinajstić information content (AvgIpc) is 2.56. The molecule has 0 aromatic heterocycles. The van der Waals surface area contributed by atoms with Crippen LogP contribution in [0.1, 0.15) is 52.4 Å². The first-order chi connectivity index (χ1) is 5.86. The molecule has 0 bridgehead atoms. The van der Waals surface area contributed by atoms with E-state index in [4.69, 9.17) is 0 Å². The molecule has 0 aromatic carbocycles. The summed E-state index contributed by atoms with van der Waals surface area (Å²) in [6.45, 7) is 5.63. The molecule has 1 fully saturated rings. The van der Waals surface area contributed by atoms with Crippen molar-refractivity contribution in [3.63, 3.8) is 0 Å². The normalized spacial score (nSPS) is 21.5. The summed E-state index contributed by atoms with van der Waals surface area (Å²) in [5, 5.41) is 3.56. The first-order valence-electron chi connectivity index (χ1n) is 5.60. The smallest absolute Gasteiger partial charge is 0.00669 e. The lowest BCUT2D eigenvalue weighted by Crippen LogP contribution is -2.29. The zero-order valence-electron chi connectivity index (χ0n) is 8.60. The molecule has 0 radical (unpaired) electrons. The number of rotatable bonds is 5. The van der Waals surface area contributed by atoms with Crippen molar-refractivity contribution in [2.45, 2.75) is 58.4 Å². The van der Waals surface area contributed by atoms with Gasteiger partial charge in [0.05, 0.1) is 0 Å². The SMILES string of the molecule is CCNC(CC)CC1CCCC1. The number of hydrogen-bond acceptors (Lipinski definition) is 1. The standard InChI is InChI=1S/C11H23N/c1-3-11(12-4-2)9-10-7-5-6-8-10/h10-12H,3-9H2,1-2H3. The van der Waals surface area contributed by atoms with E-state index in [0.29, 0.717) is 0 Å². The highest BCUT2D eigenvalue weighted by Crippen LogP contribution is 2.28. The van der Waals surface area contributed by atoms with E-state index in [2.05, 4.69) is 19.2 Å². The van der Waals surface area contributed by atoms with Crippen LogP contribution in [0, 0.1) is 5.92 Å². The minimum atomic E-state index is 0.790. The molecule has 1 aliphatic carbocycles. The van der Waals surface area contributed by atoms with Crippen LogP contribution in [-0.2, 0) is 0 Å².